The Labute approximate surface area is 121 Å². The van der Waals surface area contributed by atoms with Crippen LogP contribution >= 0.6 is 11.6 Å². The Morgan fingerprint density at radius 3 is 2.70 bits per heavy atom. The number of hydrogen-bond acceptors (Lipinski definition) is 4. The van der Waals surface area contributed by atoms with E-state index < -0.39 is 0 Å². The Bertz CT molecular complexity index is 698. The van der Waals surface area contributed by atoms with Gasteiger partial charge in [0.15, 0.2) is 6.61 Å². The highest BCUT2D eigenvalue weighted by molar-refractivity contribution is 6.30. The zero-order valence-electron chi connectivity index (χ0n) is 10.5. The number of rotatable bonds is 4. The maximum atomic E-state index is 5.93. The lowest BCUT2D eigenvalue weighted by Crippen LogP contribution is -1.97. The van der Waals surface area contributed by atoms with Crippen LogP contribution in [-0.2, 0) is 6.61 Å². The van der Waals surface area contributed by atoms with Gasteiger partial charge >= 0.3 is 0 Å². The molecular formula is C15H11ClN2O2. The fraction of sp³-hybridized carbons (Fsp3) is 0.0667. The van der Waals surface area contributed by atoms with E-state index in [1.165, 1.54) is 0 Å². The van der Waals surface area contributed by atoms with Crippen LogP contribution in [0.3, 0.4) is 0 Å². The molecule has 3 aromatic rings. The van der Waals surface area contributed by atoms with E-state index in [1.54, 1.807) is 12.1 Å². The van der Waals surface area contributed by atoms with Gasteiger partial charge in [-0.15, -0.1) is 0 Å². The van der Waals surface area contributed by atoms with Gasteiger partial charge in [-0.25, -0.2) is 0 Å². The molecule has 0 saturated heterocycles. The van der Waals surface area contributed by atoms with E-state index in [4.69, 9.17) is 20.9 Å². The van der Waals surface area contributed by atoms with Crippen molar-refractivity contribution in [2.24, 2.45) is 0 Å². The van der Waals surface area contributed by atoms with E-state index in [9.17, 15) is 0 Å². The molecule has 0 bridgehead atoms. The molecule has 2 aromatic carbocycles. The first kappa shape index (κ1) is 12.7. The summed E-state index contributed by atoms with van der Waals surface area (Å²) < 4.78 is 10.7. The van der Waals surface area contributed by atoms with Crippen LogP contribution in [0.1, 0.15) is 5.82 Å². The van der Waals surface area contributed by atoms with Crippen molar-refractivity contribution >= 4 is 11.6 Å². The monoisotopic (exact) mass is 286 g/mol. The lowest BCUT2D eigenvalue weighted by Gasteiger charge is -2.01. The smallest absolute Gasteiger partial charge is 0.258 e. The third kappa shape index (κ3) is 2.97. The Balaban J connectivity index is 1.71. The largest absolute Gasteiger partial charge is 0.485 e. The molecule has 0 radical (unpaired) electrons. The van der Waals surface area contributed by atoms with Gasteiger partial charge in [-0.1, -0.05) is 41.0 Å². The average Bonchev–Trinajstić information content (AvgIpc) is 2.95. The van der Waals surface area contributed by atoms with Crippen molar-refractivity contribution in [2.45, 2.75) is 6.61 Å². The van der Waals surface area contributed by atoms with Crippen LogP contribution in [0, 0.1) is 0 Å². The van der Waals surface area contributed by atoms with E-state index in [0.717, 1.165) is 11.3 Å². The van der Waals surface area contributed by atoms with Gasteiger partial charge < -0.3 is 9.26 Å². The van der Waals surface area contributed by atoms with Crippen molar-refractivity contribution in [1.82, 2.24) is 10.1 Å². The van der Waals surface area contributed by atoms with Crippen LogP contribution in [0.2, 0.25) is 5.02 Å². The van der Waals surface area contributed by atoms with E-state index in [1.807, 2.05) is 42.5 Å². The summed E-state index contributed by atoms with van der Waals surface area (Å²) in [5, 5.41) is 4.51. The van der Waals surface area contributed by atoms with Crippen LogP contribution in [0.25, 0.3) is 11.5 Å². The van der Waals surface area contributed by atoms with Gasteiger partial charge in [0, 0.05) is 10.6 Å². The molecule has 0 spiro atoms. The molecule has 1 aromatic heterocycles. The van der Waals surface area contributed by atoms with Gasteiger partial charge in [-0.05, 0) is 30.3 Å². The average molecular weight is 287 g/mol. The predicted molar refractivity (Wildman–Crippen MR) is 75.5 cm³/mol. The first-order valence-electron chi connectivity index (χ1n) is 6.07. The van der Waals surface area contributed by atoms with Crippen molar-refractivity contribution < 1.29 is 9.26 Å². The number of aromatic nitrogens is 2. The third-order valence-corrected chi connectivity index (χ3v) is 2.89. The fourth-order valence-corrected chi connectivity index (χ4v) is 1.91. The summed E-state index contributed by atoms with van der Waals surface area (Å²) in [6, 6.07) is 16.8. The predicted octanol–water partition coefficient (Wildman–Crippen LogP) is 3.97. The van der Waals surface area contributed by atoms with Crippen molar-refractivity contribution in [3.63, 3.8) is 0 Å². The van der Waals surface area contributed by atoms with E-state index in [0.29, 0.717) is 16.7 Å². The molecule has 0 aliphatic heterocycles. The standard InChI is InChI=1S/C15H11ClN2O2/c16-12-6-4-5-11(9-12)15-17-14(18-20-15)10-19-13-7-2-1-3-8-13/h1-9H,10H2. The molecule has 100 valence electrons. The molecule has 3 rings (SSSR count). The second-order valence-corrected chi connectivity index (χ2v) is 4.56. The van der Waals surface area contributed by atoms with Crippen molar-refractivity contribution in [1.29, 1.82) is 0 Å². The van der Waals surface area contributed by atoms with Crippen molar-refractivity contribution in [3.8, 4) is 17.2 Å². The van der Waals surface area contributed by atoms with E-state index in [-0.39, 0.29) is 6.61 Å². The molecule has 0 aliphatic carbocycles. The third-order valence-electron chi connectivity index (χ3n) is 2.65. The molecule has 20 heavy (non-hydrogen) atoms. The molecule has 0 saturated carbocycles. The molecule has 0 amide bonds. The molecule has 0 fully saturated rings. The normalized spacial score (nSPS) is 10.4. The summed E-state index contributed by atoms with van der Waals surface area (Å²) in [5.41, 5.74) is 0.788. The number of nitrogens with zero attached hydrogens (tertiary/aromatic N) is 2. The highest BCUT2D eigenvalue weighted by atomic mass is 35.5. The number of halogens is 1. The van der Waals surface area contributed by atoms with Gasteiger partial charge in [-0.3, -0.25) is 0 Å². The molecule has 1 heterocycles. The lowest BCUT2D eigenvalue weighted by molar-refractivity contribution is 0.287. The van der Waals surface area contributed by atoms with Crippen LogP contribution in [0.5, 0.6) is 5.75 Å². The Hall–Kier alpha value is -2.33. The van der Waals surface area contributed by atoms with Crippen LogP contribution in [0.15, 0.2) is 59.1 Å². The first-order chi connectivity index (χ1) is 9.81. The highest BCUT2D eigenvalue weighted by Gasteiger charge is 2.09. The summed E-state index contributed by atoms with van der Waals surface area (Å²) in [4.78, 5) is 4.28. The maximum absolute atomic E-state index is 5.93. The van der Waals surface area contributed by atoms with E-state index >= 15 is 0 Å². The molecule has 5 heteroatoms. The number of para-hydroxylation sites is 1. The van der Waals surface area contributed by atoms with Crippen LogP contribution < -0.4 is 4.74 Å². The lowest BCUT2D eigenvalue weighted by atomic mass is 10.2. The molecule has 0 N–H and O–H groups in total. The minimum absolute atomic E-state index is 0.258. The van der Waals surface area contributed by atoms with Gasteiger partial charge in [0.1, 0.15) is 5.75 Å². The quantitative estimate of drug-likeness (QED) is 0.728. The summed E-state index contributed by atoms with van der Waals surface area (Å²) >= 11 is 5.93. The van der Waals surface area contributed by atoms with Crippen molar-refractivity contribution in [2.75, 3.05) is 0 Å². The molecule has 4 nitrogen and oxygen atoms in total. The SMILES string of the molecule is Clc1cccc(-c2nc(COc3ccccc3)no2)c1. The number of ether oxygens (including phenoxy) is 1. The van der Waals surface area contributed by atoms with Crippen LogP contribution in [0.4, 0.5) is 0 Å². The summed E-state index contributed by atoms with van der Waals surface area (Å²) in [5.74, 6) is 1.68. The second kappa shape index (κ2) is 5.75. The van der Waals surface area contributed by atoms with Gasteiger partial charge in [0.25, 0.3) is 5.89 Å². The fourth-order valence-electron chi connectivity index (χ4n) is 1.72. The molecular weight excluding hydrogens is 276 g/mol. The minimum Gasteiger partial charge on any atom is -0.485 e. The number of benzene rings is 2. The summed E-state index contributed by atoms with van der Waals surface area (Å²) in [6.45, 7) is 0.258. The zero-order chi connectivity index (χ0) is 13.8. The van der Waals surface area contributed by atoms with Crippen LogP contribution in [-0.4, -0.2) is 10.1 Å². The minimum atomic E-state index is 0.258. The Morgan fingerprint density at radius 2 is 1.90 bits per heavy atom. The Kier molecular flexibility index (Phi) is 3.65. The molecule has 0 atom stereocenters. The molecule has 0 unspecified atom stereocenters. The summed E-state index contributed by atoms with van der Waals surface area (Å²) in [7, 11) is 0. The summed E-state index contributed by atoms with van der Waals surface area (Å²) in [6.07, 6.45) is 0. The van der Waals surface area contributed by atoms with Crippen molar-refractivity contribution in [3.05, 3.63) is 65.4 Å². The zero-order valence-corrected chi connectivity index (χ0v) is 11.2. The molecule has 0 aliphatic rings. The van der Waals surface area contributed by atoms with Gasteiger partial charge in [-0.2, -0.15) is 4.98 Å². The first-order valence-corrected chi connectivity index (χ1v) is 6.45. The number of hydrogen-bond donors (Lipinski definition) is 0. The van der Waals surface area contributed by atoms with Gasteiger partial charge in [0.2, 0.25) is 5.82 Å². The Morgan fingerprint density at radius 1 is 1.05 bits per heavy atom. The second-order valence-electron chi connectivity index (χ2n) is 4.13. The highest BCUT2D eigenvalue weighted by Crippen LogP contribution is 2.21. The van der Waals surface area contributed by atoms with E-state index in [2.05, 4.69) is 10.1 Å². The van der Waals surface area contributed by atoms with Gasteiger partial charge in [0.05, 0.1) is 0 Å². The maximum Gasteiger partial charge on any atom is 0.258 e. The topological polar surface area (TPSA) is 48.2 Å².